The van der Waals surface area contributed by atoms with Crippen molar-refractivity contribution in [3.8, 4) is 11.3 Å². The van der Waals surface area contributed by atoms with Crippen molar-refractivity contribution in [2.45, 2.75) is 77.2 Å². The first kappa shape index (κ1) is 25.5. The van der Waals surface area contributed by atoms with E-state index in [9.17, 15) is 9.90 Å². The second kappa shape index (κ2) is 11.1. The molecule has 1 aliphatic carbocycles. The third-order valence-electron chi connectivity index (χ3n) is 9.51. The molecule has 1 aromatic heterocycles. The molecule has 2 fully saturated rings. The molecule has 1 saturated heterocycles. The highest BCUT2D eigenvalue weighted by Crippen LogP contribution is 2.47. The van der Waals surface area contributed by atoms with Crippen LogP contribution in [0, 0.1) is 5.92 Å². The Morgan fingerprint density at radius 1 is 0.921 bits per heavy atom. The number of fused-ring (bicyclic) bond motifs is 5. The van der Waals surface area contributed by atoms with Gasteiger partial charge in [-0.2, -0.15) is 0 Å². The van der Waals surface area contributed by atoms with Crippen molar-refractivity contribution in [2.75, 3.05) is 37.6 Å². The number of aromatic nitrogens is 1. The molecule has 0 radical (unpaired) electrons. The zero-order chi connectivity index (χ0) is 26.1. The quantitative estimate of drug-likeness (QED) is 0.358. The predicted octanol–water partition coefficient (Wildman–Crippen LogP) is 7.39. The second-order valence-electron chi connectivity index (χ2n) is 11.9. The molecule has 0 spiro atoms. The smallest absolute Gasteiger partial charge is 0.335 e. The number of benzene rings is 2. The van der Waals surface area contributed by atoms with Crippen molar-refractivity contribution < 1.29 is 9.90 Å². The Kier molecular flexibility index (Phi) is 7.47. The Labute approximate surface area is 227 Å². The lowest BCUT2D eigenvalue weighted by Crippen LogP contribution is -2.36. The summed E-state index contributed by atoms with van der Waals surface area (Å²) in [7, 11) is 0. The molecule has 3 aromatic rings. The molecule has 1 N–H and O–H groups in total. The monoisotopic (exact) mass is 513 g/mol. The summed E-state index contributed by atoms with van der Waals surface area (Å²) in [5.74, 6) is 0.516. The van der Waals surface area contributed by atoms with Crippen LogP contribution in [0.3, 0.4) is 0 Å². The third-order valence-corrected chi connectivity index (χ3v) is 9.51. The molecule has 6 rings (SSSR count). The molecule has 3 aliphatic rings. The number of hydrogen-bond donors (Lipinski definition) is 1. The highest BCUT2D eigenvalue weighted by atomic mass is 16.4. The molecule has 3 heterocycles. The SMILES string of the molecule is CCCN1CCC(CCN2CCn3c(c(C4CCCCC4)c4ccc(C(=O)O)cc43)-c3ccccc32)CC1. The van der Waals surface area contributed by atoms with Crippen LogP contribution in [-0.4, -0.2) is 53.3 Å². The molecular weight excluding hydrogens is 470 g/mol. The Hall–Kier alpha value is -2.79. The van der Waals surface area contributed by atoms with Crippen LogP contribution in [0.2, 0.25) is 0 Å². The molecule has 202 valence electrons. The molecule has 0 amide bonds. The molecule has 5 nitrogen and oxygen atoms in total. The second-order valence-corrected chi connectivity index (χ2v) is 11.9. The fourth-order valence-electron chi connectivity index (χ4n) is 7.51. The predicted molar refractivity (Wildman–Crippen MR) is 156 cm³/mol. The van der Waals surface area contributed by atoms with Gasteiger partial charge in [-0.3, -0.25) is 0 Å². The average molecular weight is 514 g/mol. The van der Waals surface area contributed by atoms with Gasteiger partial charge in [0.05, 0.1) is 11.3 Å². The van der Waals surface area contributed by atoms with Crippen LogP contribution < -0.4 is 4.90 Å². The lowest BCUT2D eigenvalue weighted by molar-refractivity contribution is 0.0697. The minimum absolute atomic E-state index is 0.386. The van der Waals surface area contributed by atoms with Crippen LogP contribution in [-0.2, 0) is 6.54 Å². The van der Waals surface area contributed by atoms with Crippen molar-refractivity contribution in [2.24, 2.45) is 5.92 Å². The van der Waals surface area contributed by atoms with E-state index in [2.05, 4.69) is 51.6 Å². The molecule has 1 saturated carbocycles. The summed E-state index contributed by atoms with van der Waals surface area (Å²) in [6, 6.07) is 14.8. The summed E-state index contributed by atoms with van der Waals surface area (Å²) in [5, 5.41) is 11.0. The average Bonchev–Trinajstić information content (AvgIpc) is 3.18. The largest absolute Gasteiger partial charge is 0.478 e. The number of nitrogens with zero attached hydrogens (tertiary/aromatic N) is 3. The van der Waals surface area contributed by atoms with Gasteiger partial charge in [0, 0.05) is 41.8 Å². The molecular formula is C33H43N3O2. The first-order valence-electron chi connectivity index (χ1n) is 15.1. The number of carbonyl (C=O) groups is 1. The molecule has 0 unspecified atom stereocenters. The molecule has 5 heteroatoms. The Bertz CT molecular complexity index is 1280. The van der Waals surface area contributed by atoms with E-state index in [0.717, 1.165) is 31.1 Å². The van der Waals surface area contributed by atoms with Gasteiger partial charge >= 0.3 is 5.97 Å². The Morgan fingerprint density at radius 3 is 2.47 bits per heavy atom. The van der Waals surface area contributed by atoms with E-state index in [4.69, 9.17) is 0 Å². The summed E-state index contributed by atoms with van der Waals surface area (Å²) in [6.45, 7) is 8.98. The number of anilines is 1. The summed E-state index contributed by atoms with van der Waals surface area (Å²) >= 11 is 0. The van der Waals surface area contributed by atoms with Crippen LogP contribution in [0.4, 0.5) is 5.69 Å². The summed E-state index contributed by atoms with van der Waals surface area (Å²) in [5.41, 5.74) is 6.98. The number of likely N-dealkylation sites (tertiary alicyclic amines) is 1. The van der Waals surface area contributed by atoms with Gasteiger partial charge in [-0.05, 0) is 93.8 Å². The van der Waals surface area contributed by atoms with E-state index in [1.54, 1.807) is 6.07 Å². The number of carboxylic acid groups (broad SMARTS) is 1. The van der Waals surface area contributed by atoms with Crippen LogP contribution in [0.5, 0.6) is 0 Å². The zero-order valence-corrected chi connectivity index (χ0v) is 23.0. The number of rotatable bonds is 7. The van der Waals surface area contributed by atoms with Gasteiger partial charge < -0.3 is 19.5 Å². The first-order chi connectivity index (χ1) is 18.6. The van der Waals surface area contributed by atoms with Gasteiger partial charge in [-0.1, -0.05) is 50.5 Å². The number of aromatic carboxylic acids is 1. The van der Waals surface area contributed by atoms with Crippen molar-refractivity contribution in [1.29, 1.82) is 0 Å². The molecule has 38 heavy (non-hydrogen) atoms. The normalized spacial score (nSPS) is 19.3. The molecule has 2 aliphatic heterocycles. The number of piperidine rings is 1. The fraction of sp³-hybridized carbons (Fsp3) is 0.545. The van der Waals surface area contributed by atoms with Crippen LogP contribution in [0.1, 0.15) is 86.6 Å². The highest BCUT2D eigenvalue weighted by molar-refractivity contribution is 5.99. The lowest BCUT2D eigenvalue weighted by Gasteiger charge is -2.33. The van der Waals surface area contributed by atoms with Gasteiger partial charge in [0.1, 0.15) is 0 Å². The number of hydrogen-bond acceptors (Lipinski definition) is 3. The summed E-state index contributed by atoms with van der Waals surface area (Å²) < 4.78 is 2.47. The molecule has 0 bridgehead atoms. The third kappa shape index (κ3) is 4.86. The summed E-state index contributed by atoms with van der Waals surface area (Å²) in [6.07, 6.45) is 11.5. The van der Waals surface area contributed by atoms with Gasteiger partial charge in [-0.15, -0.1) is 0 Å². The van der Waals surface area contributed by atoms with Gasteiger partial charge in [-0.25, -0.2) is 4.79 Å². The maximum atomic E-state index is 11.9. The topological polar surface area (TPSA) is 48.7 Å². The fourth-order valence-corrected chi connectivity index (χ4v) is 7.51. The van der Waals surface area contributed by atoms with Crippen molar-refractivity contribution in [3.63, 3.8) is 0 Å². The van der Waals surface area contributed by atoms with Crippen molar-refractivity contribution in [3.05, 3.63) is 53.6 Å². The molecule has 0 atom stereocenters. The van der Waals surface area contributed by atoms with Gasteiger partial charge in [0.25, 0.3) is 0 Å². The number of carboxylic acids is 1. The van der Waals surface area contributed by atoms with E-state index >= 15 is 0 Å². The minimum atomic E-state index is -0.845. The van der Waals surface area contributed by atoms with Crippen LogP contribution >= 0.6 is 0 Å². The highest BCUT2D eigenvalue weighted by Gasteiger charge is 2.31. The van der Waals surface area contributed by atoms with Crippen LogP contribution in [0.15, 0.2) is 42.5 Å². The van der Waals surface area contributed by atoms with Gasteiger partial charge in [0.15, 0.2) is 0 Å². The number of para-hydroxylation sites is 1. The summed E-state index contributed by atoms with van der Waals surface area (Å²) in [4.78, 5) is 17.2. The van der Waals surface area contributed by atoms with E-state index in [-0.39, 0.29) is 0 Å². The standard InChI is InChI=1S/C33H43N3O2/c1-2-17-34-18-14-24(15-19-34)16-20-35-21-22-36-30-23-26(33(37)38)12-13-27(30)31(25-8-4-3-5-9-25)32(36)28-10-6-7-11-29(28)35/h6-7,10-13,23-25H,2-5,8-9,14-22H2,1H3,(H,37,38). The van der Waals surface area contributed by atoms with Crippen molar-refractivity contribution in [1.82, 2.24) is 9.47 Å². The van der Waals surface area contributed by atoms with E-state index in [1.165, 1.54) is 105 Å². The van der Waals surface area contributed by atoms with Crippen molar-refractivity contribution >= 4 is 22.6 Å². The molecule has 2 aromatic carbocycles. The Morgan fingerprint density at radius 2 is 1.71 bits per heavy atom. The van der Waals surface area contributed by atoms with Crippen LogP contribution in [0.25, 0.3) is 22.2 Å². The van der Waals surface area contributed by atoms with E-state index in [1.807, 2.05) is 6.07 Å². The maximum Gasteiger partial charge on any atom is 0.335 e. The Balaban J connectivity index is 1.35. The van der Waals surface area contributed by atoms with Gasteiger partial charge in [0.2, 0.25) is 0 Å². The van der Waals surface area contributed by atoms with E-state index < -0.39 is 5.97 Å². The minimum Gasteiger partial charge on any atom is -0.478 e. The first-order valence-corrected chi connectivity index (χ1v) is 15.1. The van der Waals surface area contributed by atoms with E-state index in [0.29, 0.717) is 11.5 Å². The zero-order valence-electron chi connectivity index (χ0n) is 23.0. The maximum absolute atomic E-state index is 11.9. The lowest BCUT2D eigenvalue weighted by atomic mass is 9.81.